The fraction of sp³-hybridized carbons (Fsp3) is 0.300. The zero-order chi connectivity index (χ0) is 12.4. The van der Waals surface area contributed by atoms with E-state index in [0.29, 0.717) is 18.0 Å². The molecule has 2 unspecified atom stereocenters. The van der Waals surface area contributed by atoms with Gasteiger partial charge in [0.25, 0.3) is 0 Å². The molecule has 1 aliphatic rings. The van der Waals surface area contributed by atoms with Gasteiger partial charge in [0, 0.05) is 23.7 Å². The summed E-state index contributed by atoms with van der Waals surface area (Å²) in [5.74, 6) is 0.535. The highest BCUT2D eigenvalue weighted by Crippen LogP contribution is 2.39. The average molecular weight is 271 g/mol. The molecule has 0 radical (unpaired) electrons. The molecule has 5 nitrogen and oxygen atoms in total. The number of thiocarbonyl (C=S) groups is 1. The van der Waals surface area contributed by atoms with E-state index in [1.165, 1.54) is 0 Å². The first kappa shape index (κ1) is 12.3. The molecule has 2 rings (SSSR count). The summed E-state index contributed by atoms with van der Waals surface area (Å²) in [6, 6.07) is 5.30. The SMILES string of the molecule is CN1c2cccc(NS(=O)[O-])c2OCC1C=S. The summed E-state index contributed by atoms with van der Waals surface area (Å²) in [5.41, 5.74) is 1.25. The van der Waals surface area contributed by atoms with Crippen molar-refractivity contribution in [1.82, 2.24) is 0 Å². The Balaban J connectivity index is 2.39. The second-order valence-electron chi connectivity index (χ2n) is 3.62. The number of hydrogen-bond acceptors (Lipinski definition) is 5. The first-order valence-corrected chi connectivity index (χ1v) is 6.48. The van der Waals surface area contributed by atoms with Crippen LogP contribution in [0.4, 0.5) is 11.4 Å². The van der Waals surface area contributed by atoms with Crippen molar-refractivity contribution in [2.75, 3.05) is 23.3 Å². The first-order valence-electron chi connectivity index (χ1n) is 4.93. The van der Waals surface area contributed by atoms with E-state index in [-0.39, 0.29) is 6.04 Å². The Hall–Kier alpha value is -1.18. The molecule has 17 heavy (non-hydrogen) atoms. The summed E-state index contributed by atoms with van der Waals surface area (Å²) in [4.78, 5) is 1.96. The summed E-state index contributed by atoms with van der Waals surface area (Å²) < 4.78 is 29.2. The normalized spacial score (nSPS) is 20.1. The minimum atomic E-state index is -2.36. The molecule has 1 heterocycles. The summed E-state index contributed by atoms with van der Waals surface area (Å²) in [6.07, 6.45) is 0. The minimum absolute atomic E-state index is 0.0190. The fourth-order valence-corrected chi connectivity index (χ4v) is 2.32. The molecule has 7 heteroatoms. The Kier molecular flexibility index (Phi) is 3.60. The van der Waals surface area contributed by atoms with Crippen molar-refractivity contribution >= 4 is 40.2 Å². The number of rotatable bonds is 3. The predicted molar refractivity (Wildman–Crippen MR) is 70.3 cm³/mol. The molecule has 0 aliphatic carbocycles. The standard InChI is InChI=1S/C10H12N2O3S2/c1-12-7(6-16)5-15-10-8(11-17(13)14)3-2-4-9(10)12/h2-4,6-7,11H,5H2,1H3,(H,13,14)/p-1. The monoisotopic (exact) mass is 271 g/mol. The Morgan fingerprint density at radius 2 is 2.47 bits per heavy atom. The molecule has 0 saturated heterocycles. The van der Waals surface area contributed by atoms with Gasteiger partial charge in [0.15, 0.2) is 5.75 Å². The molecule has 1 N–H and O–H groups in total. The lowest BCUT2D eigenvalue weighted by molar-refractivity contribution is 0.297. The Labute approximate surface area is 107 Å². The van der Waals surface area contributed by atoms with E-state index in [1.807, 2.05) is 18.0 Å². The fourth-order valence-electron chi connectivity index (χ4n) is 1.71. The van der Waals surface area contributed by atoms with Crippen molar-refractivity contribution in [2.24, 2.45) is 0 Å². The van der Waals surface area contributed by atoms with Crippen molar-refractivity contribution in [2.45, 2.75) is 6.04 Å². The van der Waals surface area contributed by atoms with Crippen LogP contribution in [0.1, 0.15) is 0 Å². The Morgan fingerprint density at radius 3 is 3.12 bits per heavy atom. The molecule has 0 amide bonds. The van der Waals surface area contributed by atoms with E-state index in [2.05, 4.69) is 4.72 Å². The molecule has 2 atom stereocenters. The van der Waals surface area contributed by atoms with Crippen LogP contribution in [0.25, 0.3) is 0 Å². The highest BCUT2D eigenvalue weighted by atomic mass is 32.2. The molecule has 0 spiro atoms. The largest absolute Gasteiger partial charge is 0.755 e. The first-order chi connectivity index (χ1) is 8.13. The lowest BCUT2D eigenvalue weighted by Gasteiger charge is -2.34. The zero-order valence-electron chi connectivity index (χ0n) is 9.08. The molecule has 0 aromatic heterocycles. The van der Waals surface area contributed by atoms with Crippen molar-refractivity contribution in [3.63, 3.8) is 0 Å². The van der Waals surface area contributed by atoms with Crippen molar-refractivity contribution in [1.29, 1.82) is 0 Å². The lowest BCUT2D eigenvalue weighted by atomic mass is 10.1. The lowest BCUT2D eigenvalue weighted by Crippen LogP contribution is -2.41. The van der Waals surface area contributed by atoms with Gasteiger partial charge in [-0.1, -0.05) is 18.3 Å². The zero-order valence-corrected chi connectivity index (χ0v) is 10.7. The summed E-state index contributed by atoms with van der Waals surface area (Å²) >= 11 is 2.56. The van der Waals surface area contributed by atoms with Gasteiger partial charge in [-0.05, 0) is 12.1 Å². The van der Waals surface area contributed by atoms with Gasteiger partial charge in [-0.15, -0.1) is 0 Å². The molecule has 0 fully saturated rings. The molecule has 92 valence electrons. The summed E-state index contributed by atoms with van der Waals surface area (Å²) in [7, 11) is 1.90. The molecule has 0 saturated carbocycles. The highest BCUT2D eigenvalue weighted by Gasteiger charge is 2.24. The predicted octanol–water partition coefficient (Wildman–Crippen LogP) is 1.09. The van der Waals surface area contributed by atoms with E-state index < -0.39 is 11.3 Å². The van der Waals surface area contributed by atoms with Crippen molar-refractivity contribution in [3.8, 4) is 5.75 Å². The number of likely N-dealkylation sites (N-methyl/N-ethyl adjacent to an activating group) is 1. The van der Waals surface area contributed by atoms with Gasteiger partial charge < -0.3 is 18.9 Å². The number of para-hydroxylation sites is 1. The maximum atomic E-state index is 10.7. The molecule has 0 bridgehead atoms. The number of nitrogens with zero attached hydrogens (tertiary/aromatic N) is 1. The van der Waals surface area contributed by atoms with E-state index in [1.54, 1.807) is 17.5 Å². The van der Waals surface area contributed by atoms with Gasteiger partial charge in [0.2, 0.25) is 0 Å². The molecule has 1 aromatic carbocycles. The van der Waals surface area contributed by atoms with Gasteiger partial charge in [0.1, 0.15) is 6.61 Å². The van der Waals surface area contributed by atoms with Crippen LogP contribution in [0.5, 0.6) is 5.75 Å². The number of hydrogen-bond donors (Lipinski definition) is 1. The van der Waals surface area contributed by atoms with Crippen LogP contribution >= 0.6 is 12.2 Å². The topological polar surface area (TPSA) is 64.6 Å². The van der Waals surface area contributed by atoms with Crippen LogP contribution in [-0.2, 0) is 11.3 Å². The summed E-state index contributed by atoms with van der Waals surface area (Å²) in [6.45, 7) is 0.414. The Morgan fingerprint density at radius 1 is 1.71 bits per heavy atom. The highest BCUT2D eigenvalue weighted by molar-refractivity contribution is 7.80. The third-order valence-electron chi connectivity index (χ3n) is 2.62. The number of ether oxygens (including phenoxy) is 1. The van der Waals surface area contributed by atoms with E-state index in [0.717, 1.165) is 5.69 Å². The molecule has 1 aromatic rings. The van der Waals surface area contributed by atoms with E-state index in [4.69, 9.17) is 17.0 Å². The average Bonchev–Trinajstić information content (AvgIpc) is 2.30. The van der Waals surface area contributed by atoms with Crippen LogP contribution in [0.2, 0.25) is 0 Å². The van der Waals surface area contributed by atoms with E-state index in [9.17, 15) is 8.76 Å². The maximum absolute atomic E-state index is 10.7. The number of nitrogens with one attached hydrogen (secondary N) is 1. The van der Waals surface area contributed by atoms with Gasteiger partial charge >= 0.3 is 0 Å². The third kappa shape index (κ3) is 2.41. The van der Waals surface area contributed by atoms with Gasteiger partial charge in [-0.3, -0.25) is 4.21 Å². The van der Waals surface area contributed by atoms with Gasteiger partial charge in [0.05, 0.1) is 17.4 Å². The van der Waals surface area contributed by atoms with Crippen LogP contribution < -0.4 is 14.4 Å². The smallest absolute Gasteiger partial charge is 0.166 e. The molecular formula is C10H11N2O3S2-. The van der Waals surface area contributed by atoms with Crippen LogP contribution in [0, 0.1) is 0 Å². The van der Waals surface area contributed by atoms with Crippen molar-refractivity contribution in [3.05, 3.63) is 18.2 Å². The van der Waals surface area contributed by atoms with Crippen LogP contribution in [0.15, 0.2) is 18.2 Å². The van der Waals surface area contributed by atoms with Crippen LogP contribution in [0.3, 0.4) is 0 Å². The maximum Gasteiger partial charge on any atom is 0.166 e. The number of benzene rings is 1. The molecular weight excluding hydrogens is 260 g/mol. The second kappa shape index (κ2) is 4.99. The Bertz CT molecular complexity index is 467. The summed E-state index contributed by atoms with van der Waals surface area (Å²) in [5, 5.41) is 1.63. The van der Waals surface area contributed by atoms with E-state index >= 15 is 0 Å². The van der Waals surface area contributed by atoms with Crippen molar-refractivity contribution < 1.29 is 13.5 Å². The number of anilines is 2. The van der Waals surface area contributed by atoms with Crippen LogP contribution in [-0.4, -0.2) is 33.8 Å². The molecule has 1 aliphatic heterocycles. The quantitative estimate of drug-likeness (QED) is 0.658. The minimum Gasteiger partial charge on any atom is -0.755 e. The van der Waals surface area contributed by atoms with Gasteiger partial charge in [-0.2, -0.15) is 0 Å². The third-order valence-corrected chi connectivity index (χ3v) is 3.32. The number of fused-ring (bicyclic) bond motifs is 1. The van der Waals surface area contributed by atoms with Gasteiger partial charge in [-0.25, -0.2) is 0 Å². The second-order valence-corrected chi connectivity index (χ2v) is 4.56.